The molecule has 1 amide bonds. The Labute approximate surface area is 141 Å². The van der Waals surface area contributed by atoms with Crippen molar-refractivity contribution >= 4 is 12.0 Å². The van der Waals surface area contributed by atoms with Gasteiger partial charge in [-0.05, 0) is 16.7 Å². The van der Waals surface area contributed by atoms with Gasteiger partial charge in [-0.2, -0.15) is 0 Å². The van der Waals surface area contributed by atoms with Gasteiger partial charge >= 0.3 is 0 Å². The number of ether oxygens (including phenoxy) is 1. The summed E-state index contributed by atoms with van der Waals surface area (Å²) in [4.78, 5) is 12.0. The zero-order chi connectivity index (χ0) is 16.8. The molecule has 0 radical (unpaired) electrons. The van der Waals surface area contributed by atoms with E-state index >= 15 is 0 Å². The van der Waals surface area contributed by atoms with Crippen LogP contribution in [0.25, 0.3) is 6.08 Å². The highest BCUT2D eigenvalue weighted by molar-refractivity contribution is 5.78. The lowest BCUT2D eigenvalue weighted by Gasteiger charge is -2.17. The zero-order valence-electron chi connectivity index (χ0n) is 13.4. The molecule has 0 heterocycles. The third-order valence-corrected chi connectivity index (χ3v) is 4.08. The molecule has 2 N–H and O–H groups in total. The molecule has 1 aliphatic rings. The predicted molar refractivity (Wildman–Crippen MR) is 93.3 cm³/mol. The highest BCUT2D eigenvalue weighted by Crippen LogP contribution is 2.30. The standard InChI is InChI=1S/C20H21NO3/c22-18-13-16-10-4-5-11-17(16)20(18)21-19(23)14-24-12-6-9-15-7-2-1-3-8-15/h1-11,18,20,22H,12-14H2,(H,21,23)/b9-6+. The van der Waals surface area contributed by atoms with Gasteiger partial charge in [-0.1, -0.05) is 66.7 Å². The van der Waals surface area contributed by atoms with Gasteiger partial charge < -0.3 is 15.2 Å². The number of hydrogen-bond donors (Lipinski definition) is 2. The van der Waals surface area contributed by atoms with Gasteiger partial charge in [0.25, 0.3) is 0 Å². The van der Waals surface area contributed by atoms with Crippen molar-refractivity contribution in [2.24, 2.45) is 0 Å². The second-order valence-electron chi connectivity index (χ2n) is 5.84. The number of carbonyl (C=O) groups is 1. The first kappa shape index (κ1) is 16.4. The number of amides is 1. The van der Waals surface area contributed by atoms with Gasteiger partial charge in [0.05, 0.1) is 18.8 Å². The van der Waals surface area contributed by atoms with Crippen LogP contribution >= 0.6 is 0 Å². The Kier molecular flexibility index (Phi) is 5.41. The van der Waals surface area contributed by atoms with E-state index < -0.39 is 6.10 Å². The van der Waals surface area contributed by atoms with Crippen LogP contribution in [0.4, 0.5) is 0 Å². The molecular weight excluding hydrogens is 302 g/mol. The fraction of sp³-hybridized carbons (Fsp3) is 0.250. The van der Waals surface area contributed by atoms with Crippen LogP contribution in [-0.4, -0.2) is 30.3 Å². The molecule has 4 nitrogen and oxygen atoms in total. The molecule has 0 fully saturated rings. The Morgan fingerprint density at radius 1 is 1.17 bits per heavy atom. The third kappa shape index (κ3) is 4.10. The number of rotatable bonds is 6. The Balaban J connectivity index is 1.44. The molecule has 0 aliphatic heterocycles. The number of benzene rings is 2. The molecule has 0 saturated heterocycles. The van der Waals surface area contributed by atoms with Crippen molar-refractivity contribution in [3.05, 3.63) is 77.4 Å². The Morgan fingerprint density at radius 3 is 2.75 bits per heavy atom. The van der Waals surface area contributed by atoms with Crippen LogP contribution in [0, 0.1) is 0 Å². The van der Waals surface area contributed by atoms with E-state index in [0.717, 1.165) is 16.7 Å². The summed E-state index contributed by atoms with van der Waals surface area (Å²) in [6.07, 6.45) is 3.82. The van der Waals surface area contributed by atoms with E-state index in [0.29, 0.717) is 13.0 Å². The summed E-state index contributed by atoms with van der Waals surface area (Å²) in [5.74, 6) is -0.219. The van der Waals surface area contributed by atoms with Gasteiger partial charge in [0.2, 0.25) is 5.91 Å². The van der Waals surface area contributed by atoms with Gasteiger partial charge in [-0.3, -0.25) is 4.79 Å². The van der Waals surface area contributed by atoms with Crippen molar-refractivity contribution in [3.63, 3.8) is 0 Å². The molecular formula is C20H21NO3. The highest BCUT2D eigenvalue weighted by Gasteiger charge is 2.31. The molecule has 0 spiro atoms. The minimum atomic E-state index is -0.579. The summed E-state index contributed by atoms with van der Waals surface area (Å²) in [7, 11) is 0. The van der Waals surface area contributed by atoms with Crippen molar-refractivity contribution in [2.75, 3.05) is 13.2 Å². The predicted octanol–water partition coefficient (Wildman–Crippen LogP) is 2.49. The second kappa shape index (κ2) is 7.90. The molecule has 0 aromatic heterocycles. The number of fused-ring (bicyclic) bond motifs is 1. The monoisotopic (exact) mass is 323 g/mol. The summed E-state index contributed by atoms with van der Waals surface area (Å²) in [5, 5.41) is 13.0. The fourth-order valence-corrected chi connectivity index (χ4v) is 2.93. The molecule has 2 aromatic carbocycles. The first-order valence-corrected chi connectivity index (χ1v) is 8.08. The maximum atomic E-state index is 12.0. The van der Waals surface area contributed by atoms with Crippen molar-refractivity contribution in [2.45, 2.75) is 18.6 Å². The average Bonchev–Trinajstić information content (AvgIpc) is 2.91. The Bertz CT molecular complexity index is 712. The van der Waals surface area contributed by atoms with Crippen LogP contribution in [0.3, 0.4) is 0 Å². The van der Waals surface area contributed by atoms with Crippen LogP contribution in [0.1, 0.15) is 22.7 Å². The molecule has 24 heavy (non-hydrogen) atoms. The van der Waals surface area contributed by atoms with E-state index in [-0.39, 0.29) is 18.6 Å². The van der Waals surface area contributed by atoms with Crippen LogP contribution in [0.15, 0.2) is 60.7 Å². The largest absolute Gasteiger partial charge is 0.390 e. The lowest BCUT2D eigenvalue weighted by atomic mass is 10.1. The molecule has 0 bridgehead atoms. The van der Waals surface area contributed by atoms with Crippen molar-refractivity contribution in [1.29, 1.82) is 0 Å². The van der Waals surface area contributed by atoms with E-state index in [4.69, 9.17) is 4.74 Å². The Hall–Kier alpha value is -2.43. The van der Waals surface area contributed by atoms with Gasteiger partial charge in [0, 0.05) is 6.42 Å². The smallest absolute Gasteiger partial charge is 0.246 e. The molecule has 1 aliphatic carbocycles. The van der Waals surface area contributed by atoms with E-state index in [1.54, 1.807) is 0 Å². The maximum Gasteiger partial charge on any atom is 0.246 e. The first-order valence-electron chi connectivity index (χ1n) is 8.08. The molecule has 2 aromatic rings. The fourth-order valence-electron chi connectivity index (χ4n) is 2.93. The van der Waals surface area contributed by atoms with Crippen molar-refractivity contribution < 1.29 is 14.6 Å². The van der Waals surface area contributed by atoms with E-state index in [9.17, 15) is 9.90 Å². The minimum Gasteiger partial charge on any atom is -0.390 e. The molecule has 3 rings (SSSR count). The summed E-state index contributed by atoms with van der Waals surface area (Å²) >= 11 is 0. The minimum absolute atomic E-state index is 0.0233. The van der Waals surface area contributed by atoms with Crippen LogP contribution in [0.5, 0.6) is 0 Å². The first-order chi connectivity index (χ1) is 11.7. The van der Waals surface area contributed by atoms with Crippen molar-refractivity contribution in [3.8, 4) is 0 Å². The normalized spacial score (nSPS) is 19.4. The number of carbonyl (C=O) groups excluding carboxylic acids is 1. The van der Waals surface area contributed by atoms with Gasteiger partial charge in [0.15, 0.2) is 0 Å². The van der Waals surface area contributed by atoms with E-state index in [1.807, 2.05) is 66.7 Å². The number of aliphatic hydroxyl groups is 1. The van der Waals surface area contributed by atoms with Crippen LogP contribution < -0.4 is 5.32 Å². The van der Waals surface area contributed by atoms with Gasteiger partial charge in [0.1, 0.15) is 6.61 Å². The van der Waals surface area contributed by atoms with Gasteiger partial charge in [-0.25, -0.2) is 0 Å². The van der Waals surface area contributed by atoms with Crippen LogP contribution in [-0.2, 0) is 16.0 Å². The maximum absolute atomic E-state index is 12.0. The van der Waals surface area contributed by atoms with Crippen LogP contribution in [0.2, 0.25) is 0 Å². The summed E-state index contributed by atoms with van der Waals surface area (Å²) in [6, 6.07) is 17.3. The molecule has 4 heteroatoms. The van der Waals surface area contributed by atoms with Crippen molar-refractivity contribution in [1.82, 2.24) is 5.32 Å². The average molecular weight is 323 g/mol. The third-order valence-electron chi connectivity index (χ3n) is 4.08. The van der Waals surface area contributed by atoms with E-state index in [2.05, 4.69) is 5.32 Å². The van der Waals surface area contributed by atoms with E-state index in [1.165, 1.54) is 0 Å². The lowest BCUT2D eigenvalue weighted by molar-refractivity contribution is -0.126. The SMILES string of the molecule is O=C(COC/C=C/c1ccccc1)NC1c2ccccc2CC1O. The summed E-state index contributed by atoms with van der Waals surface area (Å²) in [5.41, 5.74) is 3.17. The summed E-state index contributed by atoms with van der Waals surface area (Å²) in [6.45, 7) is 0.344. The quantitative estimate of drug-likeness (QED) is 0.803. The molecule has 0 saturated carbocycles. The summed E-state index contributed by atoms with van der Waals surface area (Å²) < 4.78 is 5.37. The molecule has 2 unspecified atom stereocenters. The zero-order valence-corrected chi connectivity index (χ0v) is 13.4. The lowest BCUT2D eigenvalue weighted by Crippen LogP contribution is -2.36. The molecule has 2 atom stereocenters. The number of hydrogen-bond acceptors (Lipinski definition) is 3. The highest BCUT2D eigenvalue weighted by atomic mass is 16.5. The molecule has 124 valence electrons. The number of aliphatic hydroxyl groups excluding tert-OH is 1. The number of nitrogens with one attached hydrogen (secondary N) is 1. The topological polar surface area (TPSA) is 58.6 Å². The Morgan fingerprint density at radius 2 is 1.92 bits per heavy atom. The van der Waals surface area contributed by atoms with Gasteiger partial charge in [-0.15, -0.1) is 0 Å². The second-order valence-corrected chi connectivity index (χ2v) is 5.84.